The summed E-state index contributed by atoms with van der Waals surface area (Å²) in [6.07, 6.45) is 0.995. The van der Waals surface area contributed by atoms with Gasteiger partial charge >= 0.3 is 0 Å². The minimum Gasteiger partial charge on any atom is -0.326 e. The van der Waals surface area contributed by atoms with Crippen LogP contribution in [0.5, 0.6) is 0 Å². The van der Waals surface area contributed by atoms with Gasteiger partial charge in [0.15, 0.2) is 0 Å². The fraction of sp³-hybridized carbons (Fsp3) is 0.176. The molecule has 0 aromatic heterocycles. The van der Waals surface area contributed by atoms with E-state index in [1.165, 1.54) is 25.1 Å². The molecule has 0 aliphatic rings. The first-order valence-corrected chi connectivity index (χ1v) is 10.2. The van der Waals surface area contributed by atoms with Crippen LogP contribution in [0.4, 0.5) is 17.1 Å². The van der Waals surface area contributed by atoms with E-state index in [4.69, 9.17) is 0 Å². The Balaban J connectivity index is 2.40. The first-order valence-electron chi connectivity index (χ1n) is 7.52. The molecule has 0 atom stereocenters. The lowest BCUT2D eigenvalue weighted by atomic mass is 10.1. The van der Waals surface area contributed by atoms with Crippen molar-refractivity contribution >= 4 is 54.8 Å². The second-order valence-electron chi connectivity index (χ2n) is 5.73. The van der Waals surface area contributed by atoms with Crippen molar-refractivity contribution in [3.05, 3.63) is 52.0 Å². The minimum absolute atomic E-state index is 0.0854. The van der Waals surface area contributed by atoms with Gasteiger partial charge < -0.3 is 10.6 Å². The number of carbonyl (C=O) groups is 2. The third-order valence-corrected chi connectivity index (χ3v) is 4.78. The maximum Gasteiger partial charge on any atom is 0.257 e. The Labute approximate surface area is 160 Å². The molecule has 0 aliphatic heterocycles. The van der Waals surface area contributed by atoms with Crippen LogP contribution in [0, 0.1) is 6.92 Å². The molecule has 26 heavy (non-hydrogen) atoms. The zero-order chi connectivity index (χ0) is 19.5. The molecule has 0 aliphatic carbocycles. The summed E-state index contributed by atoms with van der Waals surface area (Å²) in [4.78, 5) is 23.9. The summed E-state index contributed by atoms with van der Waals surface area (Å²) in [6.45, 7) is 3.22. The predicted octanol–water partition coefficient (Wildman–Crippen LogP) is 3.34. The van der Waals surface area contributed by atoms with Crippen molar-refractivity contribution in [3.63, 3.8) is 0 Å². The first kappa shape index (κ1) is 19.9. The SMILES string of the molecule is CC(=O)Nc1ccc(NS(C)(=O)=O)c(C(=O)Nc2ccc(Br)c(C)c2)c1. The van der Waals surface area contributed by atoms with Crippen LogP contribution in [-0.2, 0) is 14.8 Å². The number of hydrogen-bond donors (Lipinski definition) is 3. The van der Waals surface area contributed by atoms with E-state index >= 15 is 0 Å². The molecule has 2 aromatic carbocycles. The van der Waals surface area contributed by atoms with Crippen LogP contribution >= 0.6 is 15.9 Å². The summed E-state index contributed by atoms with van der Waals surface area (Å²) < 4.78 is 26.3. The van der Waals surface area contributed by atoms with Crippen LogP contribution in [0.1, 0.15) is 22.8 Å². The summed E-state index contributed by atoms with van der Waals surface area (Å²) in [7, 11) is -3.58. The van der Waals surface area contributed by atoms with E-state index in [2.05, 4.69) is 31.3 Å². The normalized spacial score (nSPS) is 10.9. The summed E-state index contributed by atoms with van der Waals surface area (Å²) in [5, 5.41) is 5.29. The molecular weight excluding hydrogens is 422 g/mol. The largest absolute Gasteiger partial charge is 0.326 e. The number of anilines is 3. The molecular formula is C17H18BrN3O4S. The number of halogens is 1. The minimum atomic E-state index is -3.58. The highest BCUT2D eigenvalue weighted by atomic mass is 79.9. The van der Waals surface area contributed by atoms with Crippen LogP contribution in [0.15, 0.2) is 40.9 Å². The number of amides is 2. The van der Waals surface area contributed by atoms with Gasteiger partial charge in [-0.2, -0.15) is 0 Å². The zero-order valence-corrected chi connectivity index (χ0v) is 16.8. The second-order valence-corrected chi connectivity index (χ2v) is 8.34. The first-order chi connectivity index (χ1) is 12.0. The number of benzene rings is 2. The molecule has 7 nitrogen and oxygen atoms in total. The molecule has 2 amide bonds. The summed E-state index contributed by atoms with van der Waals surface area (Å²) >= 11 is 3.39. The van der Waals surface area contributed by atoms with Crippen molar-refractivity contribution in [2.75, 3.05) is 21.6 Å². The van der Waals surface area contributed by atoms with E-state index < -0.39 is 15.9 Å². The van der Waals surface area contributed by atoms with Crippen LogP contribution < -0.4 is 15.4 Å². The van der Waals surface area contributed by atoms with Crippen LogP contribution in [-0.4, -0.2) is 26.5 Å². The van der Waals surface area contributed by atoms with Gasteiger partial charge in [0.1, 0.15) is 0 Å². The van der Waals surface area contributed by atoms with Crippen molar-refractivity contribution in [2.24, 2.45) is 0 Å². The Kier molecular flexibility index (Phi) is 6.04. The lowest BCUT2D eigenvalue weighted by molar-refractivity contribution is -0.114. The van der Waals surface area contributed by atoms with Crippen molar-refractivity contribution in [1.29, 1.82) is 0 Å². The van der Waals surface area contributed by atoms with Gasteiger partial charge in [-0.15, -0.1) is 0 Å². The van der Waals surface area contributed by atoms with Gasteiger partial charge in [0.05, 0.1) is 17.5 Å². The second kappa shape index (κ2) is 7.88. The number of carbonyl (C=O) groups excluding carboxylic acids is 2. The smallest absolute Gasteiger partial charge is 0.257 e. The van der Waals surface area contributed by atoms with Crippen LogP contribution in [0.25, 0.3) is 0 Å². The molecule has 0 saturated carbocycles. The number of rotatable bonds is 5. The molecule has 2 aromatic rings. The van der Waals surface area contributed by atoms with E-state index in [1.54, 1.807) is 18.2 Å². The highest BCUT2D eigenvalue weighted by Crippen LogP contribution is 2.25. The van der Waals surface area contributed by atoms with Gasteiger partial charge in [-0.05, 0) is 48.9 Å². The molecule has 0 spiro atoms. The molecule has 3 N–H and O–H groups in total. The molecule has 0 radical (unpaired) electrons. The van der Waals surface area contributed by atoms with Crippen LogP contribution in [0.3, 0.4) is 0 Å². The third-order valence-electron chi connectivity index (χ3n) is 3.30. The Bertz CT molecular complexity index is 974. The quantitative estimate of drug-likeness (QED) is 0.664. The molecule has 0 fully saturated rings. The summed E-state index contributed by atoms with van der Waals surface area (Å²) in [5.41, 5.74) is 2.08. The number of nitrogens with one attached hydrogen (secondary N) is 3. The Hall–Kier alpha value is -2.39. The van der Waals surface area contributed by atoms with Gasteiger partial charge in [-0.25, -0.2) is 8.42 Å². The third kappa shape index (κ3) is 5.57. The number of sulfonamides is 1. The number of aryl methyl sites for hydroxylation is 1. The Morgan fingerprint density at radius 2 is 1.62 bits per heavy atom. The van der Waals surface area contributed by atoms with Gasteiger partial charge in [0, 0.05) is 22.8 Å². The number of hydrogen-bond acceptors (Lipinski definition) is 4. The molecule has 0 saturated heterocycles. The van der Waals surface area contributed by atoms with Gasteiger partial charge in [-0.3, -0.25) is 14.3 Å². The van der Waals surface area contributed by atoms with Gasteiger partial charge in [-0.1, -0.05) is 15.9 Å². The van der Waals surface area contributed by atoms with E-state index in [-0.39, 0.29) is 17.2 Å². The zero-order valence-electron chi connectivity index (χ0n) is 14.4. The Morgan fingerprint density at radius 1 is 1.00 bits per heavy atom. The van der Waals surface area contributed by atoms with E-state index in [0.717, 1.165) is 16.3 Å². The molecule has 0 heterocycles. The van der Waals surface area contributed by atoms with Crippen molar-refractivity contribution in [2.45, 2.75) is 13.8 Å². The highest BCUT2D eigenvalue weighted by Gasteiger charge is 2.16. The molecule has 9 heteroatoms. The lowest BCUT2D eigenvalue weighted by Crippen LogP contribution is -2.18. The topological polar surface area (TPSA) is 104 Å². The average molecular weight is 440 g/mol. The van der Waals surface area contributed by atoms with E-state index in [0.29, 0.717) is 11.4 Å². The maximum atomic E-state index is 12.7. The fourth-order valence-corrected chi connectivity index (χ4v) is 3.05. The Morgan fingerprint density at radius 3 is 2.19 bits per heavy atom. The molecule has 0 unspecified atom stereocenters. The van der Waals surface area contributed by atoms with Crippen molar-refractivity contribution in [1.82, 2.24) is 0 Å². The van der Waals surface area contributed by atoms with Gasteiger partial charge in [0.25, 0.3) is 5.91 Å². The fourth-order valence-electron chi connectivity index (χ4n) is 2.22. The van der Waals surface area contributed by atoms with Crippen LogP contribution in [0.2, 0.25) is 0 Å². The summed E-state index contributed by atoms with van der Waals surface area (Å²) in [5.74, 6) is -0.811. The molecule has 0 bridgehead atoms. The van der Waals surface area contributed by atoms with Crippen molar-refractivity contribution in [3.8, 4) is 0 Å². The lowest BCUT2D eigenvalue weighted by Gasteiger charge is -2.14. The standard InChI is InChI=1S/C17H18BrN3O4S/c1-10-8-12(4-6-15(10)18)20-17(23)14-9-13(19-11(2)22)5-7-16(14)21-26(3,24)25/h4-9,21H,1-3H3,(H,19,22)(H,20,23). The van der Waals surface area contributed by atoms with E-state index in [9.17, 15) is 18.0 Å². The average Bonchev–Trinajstić information content (AvgIpc) is 2.50. The summed E-state index contributed by atoms with van der Waals surface area (Å²) in [6, 6.07) is 9.65. The monoisotopic (exact) mass is 439 g/mol. The van der Waals surface area contributed by atoms with E-state index in [1.807, 2.05) is 6.92 Å². The highest BCUT2D eigenvalue weighted by molar-refractivity contribution is 9.10. The predicted molar refractivity (Wildman–Crippen MR) is 106 cm³/mol. The van der Waals surface area contributed by atoms with Gasteiger partial charge in [0.2, 0.25) is 15.9 Å². The maximum absolute atomic E-state index is 12.7. The molecule has 2 rings (SSSR count). The molecule has 138 valence electrons. The van der Waals surface area contributed by atoms with Crippen molar-refractivity contribution < 1.29 is 18.0 Å².